The molecule has 2 aromatic heterocycles. The van der Waals surface area contributed by atoms with Gasteiger partial charge in [0.1, 0.15) is 0 Å². The minimum atomic E-state index is 0.861. The van der Waals surface area contributed by atoms with Crippen molar-refractivity contribution in [2.24, 2.45) is 0 Å². The third-order valence-electron chi connectivity index (χ3n) is 2.91. The zero-order valence-corrected chi connectivity index (χ0v) is 8.11. The fourth-order valence-corrected chi connectivity index (χ4v) is 2.21. The first-order chi connectivity index (χ1) is 6.95. The van der Waals surface area contributed by atoms with Crippen LogP contribution in [0.15, 0.2) is 18.5 Å². The van der Waals surface area contributed by atoms with Crippen LogP contribution in [0.3, 0.4) is 0 Å². The van der Waals surface area contributed by atoms with E-state index >= 15 is 0 Å². The molecule has 0 radical (unpaired) electrons. The van der Waals surface area contributed by atoms with Gasteiger partial charge in [-0.1, -0.05) is 6.42 Å². The number of hydrogen-bond acceptors (Lipinski definition) is 2. The topological polar surface area (TPSA) is 30.2 Å². The summed E-state index contributed by atoms with van der Waals surface area (Å²) in [6.45, 7) is 0. The predicted molar refractivity (Wildman–Crippen MR) is 54.2 cm³/mol. The van der Waals surface area contributed by atoms with Crippen LogP contribution in [0, 0.1) is 0 Å². The Morgan fingerprint density at radius 2 is 2.07 bits per heavy atom. The zero-order chi connectivity index (χ0) is 9.38. The molecule has 3 heteroatoms. The maximum absolute atomic E-state index is 4.57. The second-order valence-electron chi connectivity index (χ2n) is 3.86. The molecule has 0 amide bonds. The summed E-state index contributed by atoms with van der Waals surface area (Å²) < 4.78 is 2.14. The van der Waals surface area contributed by atoms with E-state index in [4.69, 9.17) is 0 Å². The molecule has 0 N–H and O–H groups in total. The third kappa shape index (κ3) is 1.12. The lowest BCUT2D eigenvalue weighted by Crippen LogP contribution is -1.94. The van der Waals surface area contributed by atoms with Crippen LogP contribution >= 0.6 is 0 Å². The van der Waals surface area contributed by atoms with Crippen molar-refractivity contribution in [3.05, 3.63) is 29.8 Å². The van der Waals surface area contributed by atoms with Gasteiger partial charge in [0.15, 0.2) is 0 Å². The Hall–Kier alpha value is -1.38. The van der Waals surface area contributed by atoms with Gasteiger partial charge in [-0.3, -0.25) is 4.40 Å². The molecule has 3 rings (SSSR count). The third-order valence-corrected chi connectivity index (χ3v) is 2.91. The van der Waals surface area contributed by atoms with Crippen molar-refractivity contribution >= 4 is 5.78 Å². The Labute approximate surface area is 82.8 Å². The molecule has 0 saturated heterocycles. The minimum Gasteiger partial charge on any atom is -0.288 e. The lowest BCUT2D eigenvalue weighted by molar-refractivity contribution is 0.701. The first-order valence-corrected chi connectivity index (χ1v) is 5.26. The Balaban J connectivity index is 2.24. The molecule has 0 saturated carbocycles. The number of hydrogen-bond donors (Lipinski definition) is 0. The smallest absolute Gasteiger partial charge is 0.234 e. The molecule has 3 nitrogen and oxygen atoms in total. The summed E-state index contributed by atoms with van der Waals surface area (Å²) in [4.78, 5) is 8.83. The zero-order valence-electron chi connectivity index (χ0n) is 8.11. The average molecular weight is 187 g/mol. The van der Waals surface area contributed by atoms with E-state index in [1.165, 1.54) is 30.7 Å². The largest absolute Gasteiger partial charge is 0.288 e. The SMILES string of the molecule is c1cnc2nc3c(n2c1)CCCCC3. The number of imidazole rings is 1. The molecule has 1 aliphatic carbocycles. The summed E-state index contributed by atoms with van der Waals surface area (Å²) in [5, 5.41) is 0. The predicted octanol–water partition coefficient (Wildman–Crippen LogP) is 2.00. The molecule has 0 bridgehead atoms. The van der Waals surface area contributed by atoms with E-state index in [-0.39, 0.29) is 0 Å². The van der Waals surface area contributed by atoms with E-state index in [9.17, 15) is 0 Å². The van der Waals surface area contributed by atoms with Gasteiger partial charge in [0.2, 0.25) is 5.78 Å². The van der Waals surface area contributed by atoms with Crippen molar-refractivity contribution < 1.29 is 0 Å². The highest BCUT2D eigenvalue weighted by molar-refractivity contribution is 5.35. The quantitative estimate of drug-likeness (QED) is 0.590. The molecular formula is C11H13N3. The molecule has 2 heterocycles. The lowest BCUT2D eigenvalue weighted by Gasteiger charge is -1.98. The van der Waals surface area contributed by atoms with Crippen LogP contribution < -0.4 is 0 Å². The van der Waals surface area contributed by atoms with Crippen LogP contribution in [0.1, 0.15) is 30.7 Å². The molecule has 0 atom stereocenters. The molecule has 0 aliphatic heterocycles. The number of nitrogens with zero attached hydrogens (tertiary/aromatic N) is 3. The normalized spacial score (nSPS) is 16.6. The van der Waals surface area contributed by atoms with Gasteiger partial charge in [0.05, 0.1) is 5.69 Å². The van der Waals surface area contributed by atoms with Crippen LogP contribution in [-0.4, -0.2) is 14.4 Å². The second kappa shape index (κ2) is 3.08. The number of fused-ring (bicyclic) bond motifs is 3. The first-order valence-electron chi connectivity index (χ1n) is 5.26. The van der Waals surface area contributed by atoms with Crippen LogP contribution in [0.5, 0.6) is 0 Å². The molecule has 0 aromatic carbocycles. The Kier molecular flexibility index (Phi) is 1.76. The summed E-state index contributed by atoms with van der Waals surface area (Å²) in [6.07, 6.45) is 10.0. The molecule has 14 heavy (non-hydrogen) atoms. The Morgan fingerprint density at radius 3 is 3.07 bits per heavy atom. The summed E-state index contributed by atoms with van der Waals surface area (Å²) in [5.74, 6) is 0.861. The van der Waals surface area contributed by atoms with Gasteiger partial charge in [-0.05, 0) is 31.7 Å². The average Bonchev–Trinajstić information content (AvgIpc) is 2.42. The summed E-state index contributed by atoms with van der Waals surface area (Å²) in [5.41, 5.74) is 2.65. The molecule has 1 aliphatic rings. The summed E-state index contributed by atoms with van der Waals surface area (Å²) in [7, 11) is 0. The van der Waals surface area contributed by atoms with Gasteiger partial charge in [0, 0.05) is 18.1 Å². The number of rotatable bonds is 0. The maximum atomic E-state index is 4.57. The second-order valence-corrected chi connectivity index (χ2v) is 3.86. The van der Waals surface area contributed by atoms with Gasteiger partial charge >= 0.3 is 0 Å². The number of aromatic nitrogens is 3. The standard InChI is InChI=1S/C11H13N3/c1-2-5-9-10(6-3-1)14-8-4-7-12-11(14)13-9/h4,7-8H,1-3,5-6H2. The van der Waals surface area contributed by atoms with E-state index in [1.807, 2.05) is 12.3 Å². The van der Waals surface area contributed by atoms with Crippen LogP contribution in [-0.2, 0) is 12.8 Å². The van der Waals surface area contributed by atoms with E-state index in [0.717, 1.165) is 18.6 Å². The molecule has 0 spiro atoms. The van der Waals surface area contributed by atoms with Gasteiger partial charge in [-0.2, -0.15) is 0 Å². The highest BCUT2D eigenvalue weighted by Gasteiger charge is 2.14. The fourth-order valence-electron chi connectivity index (χ4n) is 2.21. The van der Waals surface area contributed by atoms with Crippen molar-refractivity contribution in [1.29, 1.82) is 0 Å². The van der Waals surface area contributed by atoms with E-state index in [2.05, 4.69) is 20.6 Å². The molecule has 2 aromatic rings. The summed E-state index contributed by atoms with van der Waals surface area (Å²) >= 11 is 0. The Morgan fingerprint density at radius 1 is 1.14 bits per heavy atom. The first kappa shape index (κ1) is 7.97. The Bertz CT molecular complexity index is 459. The fraction of sp³-hybridized carbons (Fsp3) is 0.455. The maximum Gasteiger partial charge on any atom is 0.234 e. The van der Waals surface area contributed by atoms with Crippen LogP contribution in [0.25, 0.3) is 5.78 Å². The van der Waals surface area contributed by atoms with Gasteiger partial charge in [-0.25, -0.2) is 9.97 Å². The molecule has 0 unspecified atom stereocenters. The van der Waals surface area contributed by atoms with Crippen molar-refractivity contribution in [2.75, 3.05) is 0 Å². The highest BCUT2D eigenvalue weighted by atomic mass is 15.1. The molecular weight excluding hydrogens is 174 g/mol. The van der Waals surface area contributed by atoms with E-state index in [0.29, 0.717) is 0 Å². The van der Waals surface area contributed by atoms with E-state index < -0.39 is 0 Å². The minimum absolute atomic E-state index is 0.861. The van der Waals surface area contributed by atoms with Gasteiger partial charge in [0.25, 0.3) is 0 Å². The monoisotopic (exact) mass is 187 g/mol. The molecule has 0 fully saturated rings. The van der Waals surface area contributed by atoms with E-state index in [1.54, 1.807) is 0 Å². The van der Waals surface area contributed by atoms with Crippen molar-refractivity contribution in [2.45, 2.75) is 32.1 Å². The van der Waals surface area contributed by atoms with Crippen molar-refractivity contribution in [1.82, 2.24) is 14.4 Å². The lowest BCUT2D eigenvalue weighted by atomic mass is 10.2. The number of aryl methyl sites for hydroxylation is 2. The van der Waals surface area contributed by atoms with Crippen LogP contribution in [0.2, 0.25) is 0 Å². The highest BCUT2D eigenvalue weighted by Crippen LogP contribution is 2.20. The van der Waals surface area contributed by atoms with Crippen LogP contribution in [0.4, 0.5) is 0 Å². The van der Waals surface area contributed by atoms with Gasteiger partial charge in [-0.15, -0.1) is 0 Å². The van der Waals surface area contributed by atoms with Gasteiger partial charge < -0.3 is 0 Å². The van der Waals surface area contributed by atoms with Crippen molar-refractivity contribution in [3.63, 3.8) is 0 Å². The molecule has 72 valence electrons. The summed E-state index contributed by atoms with van der Waals surface area (Å²) in [6, 6.07) is 1.97. The van der Waals surface area contributed by atoms with Crippen molar-refractivity contribution in [3.8, 4) is 0 Å².